The summed E-state index contributed by atoms with van der Waals surface area (Å²) in [6.07, 6.45) is 0.957. The van der Waals surface area contributed by atoms with E-state index in [2.05, 4.69) is 5.32 Å². The van der Waals surface area contributed by atoms with Crippen LogP contribution >= 0.6 is 0 Å². The van der Waals surface area contributed by atoms with Gasteiger partial charge in [0.15, 0.2) is 0 Å². The molecule has 0 aromatic heterocycles. The van der Waals surface area contributed by atoms with Gasteiger partial charge in [0.25, 0.3) is 0 Å². The van der Waals surface area contributed by atoms with E-state index in [-0.39, 0.29) is 18.1 Å². The average molecular weight is 299 g/mol. The van der Waals surface area contributed by atoms with Gasteiger partial charge in [-0.25, -0.2) is 8.78 Å². The Morgan fingerprint density at radius 2 is 1.76 bits per heavy atom. The fourth-order valence-electron chi connectivity index (χ4n) is 1.92. The largest absolute Gasteiger partial charge is 0.361 e. The second-order valence-electron chi connectivity index (χ2n) is 5.23. The molecule has 0 saturated carbocycles. The summed E-state index contributed by atoms with van der Waals surface area (Å²) in [7, 11) is 4.70. The molecule has 0 radical (unpaired) electrons. The Kier molecular flexibility index (Phi) is 6.55. The standard InChI is InChI=1S/C15H23F2N3O/c1-5-6-18-9-11-7-12(16)15(13(17)8-11)20(4)10-14(21)19(2)3/h7-8,18H,5-6,9-10H2,1-4H3. The lowest BCUT2D eigenvalue weighted by Gasteiger charge is -2.22. The minimum absolute atomic E-state index is 0.0751. The summed E-state index contributed by atoms with van der Waals surface area (Å²) in [5, 5.41) is 3.09. The van der Waals surface area contributed by atoms with Gasteiger partial charge in [0, 0.05) is 27.7 Å². The molecule has 21 heavy (non-hydrogen) atoms. The van der Waals surface area contributed by atoms with E-state index in [1.807, 2.05) is 6.92 Å². The molecule has 0 bridgehead atoms. The van der Waals surface area contributed by atoms with E-state index in [1.165, 1.54) is 29.0 Å². The maximum Gasteiger partial charge on any atom is 0.241 e. The zero-order chi connectivity index (χ0) is 16.0. The number of rotatable bonds is 7. The fraction of sp³-hybridized carbons (Fsp3) is 0.533. The Bertz CT molecular complexity index is 469. The lowest BCUT2D eigenvalue weighted by atomic mass is 10.1. The molecule has 6 heteroatoms. The number of amides is 1. The van der Waals surface area contributed by atoms with Crippen molar-refractivity contribution < 1.29 is 13.6 Å². The minimum Gasteiger partial charge on any atom is -0.361 e. The quantitative estimate of drug-likeness (QED) is 0.782. The summed E-state index contributed by atoms with van der Waals surface area (Å²) >= 11 is 0. The third-order valence-corrected chi connectivity index (χ3v) is 3.09. The summed E-state index contributed by atoms with van der Waals surface area (Å²) < 4.78 is 28.2. The maximum atomic E-state index is 14.1. The van der Waals surface area contributed by atoms with E-state index in [1.54, 1.807) is 14.1 Å². The monoisotopic (exact) mass is 299 g/mol. The number of carbonyl (C=O) groups is 1. The second kappa shape index (κ2) is 7.93. The third kappa shape index (κ3) is 4.97. The first-order valence-electron chi connectivity index (χ1n) is 6.96. The smallest absolute Gasteiger partial charge is 0.241 e. The predicted octanol–water partition coefficient (Wildman–Crippen LogP) is 1.99. The molecule has 1 amide bonds. The highest BCUT2D eigenvalue weighted by Crippen LogP contribution is 2.24. The van der Waals surface area contributed by atoms with E-state index >= 15 is 0 Å². The first kappa shape index (κ1) is 17.4. The van der Waals surface area contributed by atoms with Crippen molar-refractivity contribution in [2.75, 3.05) is 39.1 Å². The molecule has 0 heterocycles. The van der Waals surface area contributed by atoms with Crippen molar-refractivity contribution in [1.29, 1.82) is 0 Å². The molecule has 0 fully saturated rings. The molecule has 0 unspecified atom stereocenters. The van der Waals surface area contributed by atoms with Crippen LogP contribution in [-0.4, -0.2) is 45.0 Å². The van der Waals surface area contributed by atoms with E-state index in [0.29, 0.717) is 12.1 Å². The van der Waals surface area contributed by atoms with E-state index in [0.717, 1.165) is 13.0 Å². The molecule has 1 N–H and O–H groups in total. The molecule has 0 aliphatic rings. The molecule has 0 aliphatic carbocycles. The van der Waals surface area contributed by atoms with Gasteiger partial charge in [0.2, 0.25) is 5.91 Å². The Morgan fingerprint density at radius 3 is 2.24 bits per heavy atom. The Hall–Kier alpha value is -1.69. The molecule has 1 aromatic carbocycles. The summed E-state index contributed by atoms with van der Waals surface area (Å²) in [4.78, 5) is 14.3. The molecule has 118 valence electrons. The molecule has 0 aliphatic heterocycles. The van der Waals surface area contributed by atoms with Gasteiger partial charge in [-0.15, -0.1) is 0 Å². The summed E-state index contributed by atoms with van der Waals surface area (Å²) in [6.45, 7) is 3.16. The number of halogens is 2. The average Bonchev–Trinajstić information content (AvgIpc) is 2.37. The predicted molar refractivity (Wildman–Crippen MR) is 80.3 cm³/mol. The molecule has 0 saturated heterocycles. The van der Waals surface area contributed by atoms with Crippen molar-refractivity contribution in [2.24, 2.45) is 0 Å². The molecule has 0 spiro atoms. The van der Waals surface area contributed by atoms with Crippen LogP contribution in [0.2, 0.25) is 0 Å². The van der Waals surface area contributed by atoms with Crippen LogP contribution in [0.4, 0.5) is 14.5 Å². The van der Waals surface area contributed by atoms with Gasteiger partial charge in [-0.3, -0.25) is 4.79 Å². The van der Waals surface area contributed by atoms with Gasteiger partial charge in [-0.2, -0.15) is 0 Å². The van der Waals surface area contributed by atoms with Crippen LogP contribution in [0.1, 0.15) is 18.9 Å². The van der Waals surface area contributed by atoms with Crippen molar-refractivity contribution in [2.45, 2.75) is 19.9 Å². The number of hydrogen-bond donors (Lipinski definition) is 1. The van der Waals surface area contributed by atoms with Crippen LogP contribution in [0.25, 0.3) is 0 Å². The topological polar surface area (TPSA) is 35.6 Å². The van der Waals surface area contributed by atoms with Gasteiger partial charge in [-0.05, 0) is 30.7 Å². The number of nitrogens with zero attached hydrogens (tertiary/aromatic N) is 2. The zero-order valence-electron chi connectivity index (χ0n) is 13.0. The lowest BCUT2D eigenvalue weighted by molar-refractivity contribution is -0.127. The van der Waals surface area contributed by atoms with E-state index < -0.39 is 11.6 Å². The van der Waals surface area contributed by atoms with Crippen molar-refractivity contribution in [3.8, 4) is 0 Å². The van der Waals surface area contributed by atoms with E-state index in [4.69, 9.17) is 0 Å². The summed E-state index contributed by atoms with van der Waals surface area (Å²) in [5.74, 6) is -1.53. The van der Waals surface area contributed by atoms with Crippen molar-refractivity contribution in [1.82, 2.24) is 10.2 Å². The van der Waals surface area contributed by atoms with Crippen molar-refractivity contribution in [3.63, 3.8) is 0 Å². The molecule has 0 atom stereocenters. The highest BCUT2D eigenvalue weighted by molar-refractivity contribution is 5.81. The number of anilines is 1. The highest BCUT2D eigenvalue weighted by atomic mass is 19.1. The Balaban J connectivity index is 2.86. The molecule has 1 rings (SSSR count). The number of carbonyl (C=O) groups excluding carboxylic acids is 1. The van der Waals surface area contributed by atoms with Crippen LogP contribution in [0.5, 0.6) is 0 Å². The SMILES string of the molecule is CCCNCc1cc(F)c(N(C)CC(=O)N(C)C)c(F)c1. The summed E-state index contributed by atoms with van der Waals surface area (Å²) in [6, 6.07) is 2.61. The molecule has 1 aromatic rings. The second-order valence-corrected chi connectivity index (χ2v) is 5.23. The summed E-state index contributed by atoms with van der Waals surface area (Å²) in [5.41, 5.74) is 0.374. The van der Waals surface area contributed by atoms with Crippen molar-refractivity contribution >= 4 is 11.6 Å². The van der Waals surface area contributed by atoms with Gasteiger partial charge in [0.05, 0.1) is 6.54 Å². The molecule has 4 nitrogen and oxygen atoms in total. The first-order chi connectivity index (χ1) is 9.86. The van der Waals surface area contributed by atoms with Crippen LogP contribution in [0.3, 0.4) is 0 Å². The lowest BCUT2D eigenvalue weighted by Crippen LogP contribution is -2.35. The number of likely N-dealkylation sites (N-methyl/N-ethyl adjacent to an activating group) is 2. The Labute approximate surface area is 124 Å². The Morgan fingerprint density at radius 1 is 1.19 bits per heavy atom. The van der Waals surface area contributed by atoms with Gasteiger partial charge in [-0.1, -0.05) is 6.92 Å². The van der Waals surface area contributed by atoms with Crippen LogP contribution < -0.4 is 10.2 Å². The fourth-order valence-corrected chi connectivity index (χ4v) is 1.92. The van der Waals surface area contributed by atoms with Gasteiger partial charge < -0.3 is 15.1 Å². The zero-order valence-corrected chi connectivity index (χ0v) is 13.0. The van der Waals surface area contributed by atoms with E-state index in [9.17, 15) is 13.6 Å². The first-order valence-corrected chi connectivity index (χ1v) is 6.96. The highest BCUT2D eigenvalue weighted by Gasteiger charge is 2.18. The maximum absolute atomic E-state index is 14.1. The number of benzene rings is 1. The van der Waals surface area contributed by atoms with Gasteiger partial charge in [0.1, 0.15) is 17.3 Å². The third-order valence-electron chi connectivity index (χ3n) is 3.09. The minimum atomic E-state index is -0.655. The van der Waals surface area contributed by atoms with Crippen LogP contribution in [-0.2, 0) is 11.3 Å². The van der Waals surface area contributed by atoms with Crippen molar-refractivity contribution in [3.05, 3.63) is 29.3 Å². The number of nitrogens with one attached hydrogen (secondary N) is 1. The normalized spacial score (nSPS) is 10.6. The molecular weight excluding hydrogens is 276 g/mol. The van der Waals surface area contributed by atoms with Crippen LogP contribution in [0, 0.1) is 11.6 Å². The number of hydrogen-bond acceptors (Lipinski definition) is 3. The van der Waals surface area contributed by atoms with Crippen LogP contribution in [0.15, 0.2) is 12.1 Å². The van der Waals surface area contributed by atoms with Gasteiger partial charge >= 0.3 is 0 Å². The molecular formula is C15H23F2N3O.